The molecule has 23 heteroatoms. The van der Waals surface area contributed by atoms with E-state index in [9.17, 15) is 42.0 Å². The Morgan fingerprint density at radius 1 is 0.755 bits per heavy atom. The first-order valence-corrected chi connectivity index (χ1v) is 17.5. The molecule has 0 saturated carbocycles. The van der Waals surface area contributed by atoms with E-state index in [1.54, 1.807) is 27.7 Å². The van der Waals surface area contributed by atoms with Gasteiger partial charge in [-0.3, -0.25) is 37.7 Å². The second kappa shape index (κ2) is 18.6. The predicted octanol–water partition coefficient (Wildman–Crippen LogP) is -0.908. The molecule has 3 heterocycles. The lowest BCUT2D eigenvalue weighted by Gasteiger charge is -2.43. The molecule has 2 N–H and O–H groups in total. The molecule has 0 aliphatic carbocycles. The highest BCUT2D eigenvalue weighted by molar-refractivity contribution is 7.85. The monoisotopic (exact) mass is 781 g/mol. The third-order valence-corrected chi connectivity index (χ3v) is 7.90. The summed E-state index contributed by atoms with van der Waals surface area (Å²) in [7, 11) is -5.05. The Morgan fingerprint density at radius 2 is 1.30 bits per heavy atom. The number of carbonyl (C=O) groups excluding carboxylic acids is 5. The van der Waals surface area contributed by atoms with Gasteiger partial charge in [-0.15, -0.1) is 0 Å². The van der Waals surface area contributed by atoms with E-state index in [4.69, 9.17) is 46.8 Å². The summed E-state index contributed by atoms with van der Waals surface area (Å²) in [5.41, 5.74) is -1.52. The summed E-state index contributed by atoms with van der Waals surface area (Å²) in [6, 6.07) is 1.07. The summed E-state index contributed by atoms with van der Waals surface area (Å²) >= 11 is 0. The zero-order chi connectivity index (χ0) is 39.8. The number of aromatic nitrogens is 2. The number of H-pyrrole nitrogens is 1. The van der Waals surface area contributed by atoms with Gasteiger partial charge in [-0.05, 0) is 27.7 Å². The van der Waals surface area contributed by atoms with Crippen molar-refractivity contribution in [2.24, 2.45) is 0 Å². The van der Waals surface area contributed by atoms with Crippen LogP contribution in [0.1, 0.15) is 61.6 Å². The van der Waals surface area contributed by atoms with Crippen LogP contribution in [0.5, 0.6) is 0 Å². The van der Waals surface area contributed by atoms with E-state index in [1.165, 1.54) is 10.9 Å². The number of hydrogen-bond donors (Lipinski definition) is 2. The van der Waals surface area contributed by atoms with Crippen LogP contribution in [0.3, 0.4) is 0 Å². The number of nitrogens with zero attached hydrogens (tertiary/aromatic N) is 1. The lowest BCUT2D eigenvalue weighted by atomic mass is 9.98. The zero-order valence-electron chi connectivity index (χ0n) is 30.0. The van der Waals surface area contributed by atoms with Crippen molar-refractivity contribution in [2.45, 2.75) is 123 Å². The van der Waals surface area contributed by atoms with Crippen LogP contribution in [0.15, 0.2) is 21.9 Å². The molecule has 1 aromatic rings. The van der Waals surface area contributed by atoms with E-state index in [2.05, 4.69) is 4.98 Å². The molecule has 3 rings (SSSR count). The van der Waals surface area contributed by atoms with Gasteiger partial charge < -0.3 is 42.6 Å². The summed E-state index contributed by atoms with van der Waals surface area (Å²) in [6.45, 7) is 9.31. The Balaban J connectivity index is 1.84. The Labute approximate surface area is 302 Å². The predicted molar refractivity (Wildman–Crippen MR) is 172 cm³/mol. The molecule has 2 aliphatic heterocycles. The summed E-state index contributed by atoms with van der Waals surface area (Å²) in [5.74, 6) is -3.67. The first-order chi connectivity index (χ1) is 24.7. The molecule has 0 spiro atoms. The van der Waals surface area contributed by atoms with Crippen LogP contribution < -0.4 is 16.0 Å². The number of carbonyl (C=O) groups is 5. The molecule has 1 aromatic heterocycles. The van der Waals surface area contributed by atoms with Crippen molar-refractivity contribution < 1.29 is 79.2 Å². The van der Waals surface area contributed by atoms with Crippen LogP contribution in [0.4, 0.5) is 4.79 Å². The van der Waals surface area contributed by atoms with Crippen molar-refractivity contribution in [1.29, 1.82) is 0 Å². The third-order valence-electron chi connectivity index (χ3n) is 7.04. The van der Waals surface area contributed by atoms with Crippen LogP contribution in [-0.4, -0.2) is 122 Å². The third kappa shape index (κ3) is 12.6. The SMILES string of the molecule is CC(=O)OC[C@H]1O[C@@H](OC(=O)NS(=O)(=O)OC[C@H]2O[C@@H](n3ccc(=O)[nH]c3=O)[C@H](OC(C)C)[C@@H]2OC(C)C)[C@@H](OC(C)=O)[C@@H](OC(C)=O)[C@@H]1OC(C)=O. The van der Waals surface area contributed by atoms with Crippen molar-refractivity contribution in [3.05, 3.63) is 33.1 Å². The number of rotatable bonds is 15. The maximum atomic E-state index is 13.0. The minimum absolute atomic E-state index is 0.432. The highest BCUT2D eigenvalue weighted by atomic mass is 32.2. The topological polar surface area (TPSA) is 279 Å². The van der Waals surface area contributed by atoms with E-state index in [0.29, 0.717) is 0 Å². The Morgan fingerprint density at radius 3 is 1.85 bits per heavy atom. The fourth-order valence-corrected chi connectivity index (χ4v) is 5.96. The van der Waals surface area contributed by atoms with E-state index in [0.717, 1.165) is 38.3 Å². The van der Waals surface area contributed by atoms with Crippen LogP contribution in [0, 0.1) is 0 Å². The van der Waals surface area contributed by atoms with Gasteiger partial charge in [0.05, 0.1) is 18.8 Å². The van der Waals surface area contributed by atoms with Gasteiger partial charge in [0, 0.05) is 40.0 Å². The second-order valence-corrected chi connectivity index (χ2v) is 13.5. The molecular formula is C30H43N3O19S. The molecule has 9 atom stereocenters. The highest BCUT2D eigenvalue weighted by Crippen LogP contribution is 2.35. The van der Waals surface area contributed by atoms with Gasteiger partial charge >= 0.3 is 46.0 Å². The van der Waals surface area contributed by atoms with Gasteiger partial charge in [-0.2, -0.15) is 13.1 Å². The lowest BCUT2D eigenvalue weighted by Crippen LogP contribution is -2.63. The fraction of sp³-hybridized carbons (Fsp3) is 0.700. The molecule has 0 bridgehead atoms. The van der Waals surface area contributed by atoms with Crippen molar-refractivity contribution in [1.82, 2.24) is 14.3 Å². The molecular weight excluding hydrogens is 738 g/mol. The molecule has 0 unspecified atom stereocenters. The van der Waals surface area contributed by atoms with Crippen molar-refractivity contribution in [3.63, 3.8) is 0 Å². The average molecular weight is 782 g/mol. The standard InChI is InChI=1S/C30H43N3O19S/c1-13(2)45-23-20(50-27(25(23)46-14(3)4)33-10-9-21(38)31-29(33)39)12-44-53(41,42)32-30(40)52-28-26(49-18(8)37)24(48-17(7)36)22(47-16(6)35)19(51-28)11-43-15(5)34/h9-10,13-14,19-20,22-28H,11-12H2,1-8H3,(H,32,40)(H,31,38,39)/t19-,20-,22-,23-,24+,25-,26+,27-,28+/m1/s1. The highest BCUT2D eigenvalue weighted by Gasteiger charge is 2.54. The number of amides is 1. The van der Waals surface area contributed by atoms with Gasteiger partial charge in [0.2, 0.25) is 12.4 Å². The Hall–Kier alpha value is -4.42. The first-order valence-electron chi connectivity index (χ1n) is 16.1. The minimum atomic E-state index is -5.05. The summed E-state index contributed by atoms with van der Waals surface area (Å²) in [6.07, 6.45) is -14.6. The van der Waals surface area contributed by atoms with Gasteiger partial charge in [-0.25, -0.2) is 9.59 Å². The molecule has 0 radical (unpaired) electrons. The fourth-order valence-electron chi connectivity index (χ4n) is 5.33. The average Bonchev–Trinajstić information content (AvgIpc) is 3.32. The molecule has 1 amide bonds. The van der Waals surface area contributed by atoms with E-state index in [-0.39, 0.29) is 0 Å². The van der Waals surface area contributed by atoms with E-state index >= 15 is 0 Å². The number of aromatic amines is 1. The van der Waals surface area contributed by atoms with Crippen molar-refractivity contribution >= 4 is 40.3 Å². The molecule has 53 heavy (non-hydrogen) atoms. The maximum Gasteiger partial charge on any atom is 0.425 e. The normalized spacial score (nSPS) is 27.2. The number of ether oxygens (including phenoxy) is 9. The van der Waals surface area contributed by atoms with Gasteiger partial charge in [0.25, 0.3) is 5.56 Å². The molecule has 0 aromatic carbocycles. The number of nitrogens with one attached hydrogen (secondary N) is 2. The first kappa shape index (κ1) is 43.0. The number of hydrogen-bond acceptors (Lipinski definition) is 19. The van der Waals surface area contributed by atoms with Gasteiger partial charge in [0.1, 0.15) is 31.0 Å². The number of esters is 4. The van der Waals surface area contributed by atoms with Gasteiger partial charge in [0.15, 0.2) is 18.4 Å². The van der Waals surface area contributed by atoms with E-state index in [1.807, 2.05) is 0 Å². The molecule has 2 saturated heterocycles. The quantitative estimate of drug-likeness (QED) is 0.161. The van der Waals surface area contributed by atoms with Crippen LogP contribution >= 0.6 is 0 Å². The summed E-state index contributed by atoms with van der Waals surface area (Å²) in [5, 5.41) is 0. The zero-order valence-corrected chi connectivity index (χ0v) is 30.8. The van der Waals surface area contributed by atoms with E-state index < -0.39 is 132 Å². The molecule has 298 valence electrons. The Bertz CT molecular complexity index is 1710. The van der Waals surface area contributed by atoms with Gasteiger partial charge in [-0.1, -0.05) is 0 Å². The lowest BCUT2D eigenvalue weighted by molar-refractivity contribution is -0.294. The smallest absolute Gasteiger partial charge is 0.425 e. The van der Waals surface area contributed by atoms with Crippen LogP contribution in [-0.2, 0) is 76.3 Å². The van der Waals surface area contributed by atoms with Crippen LogP contribution in [0.2, 0.25) is 0 Å². The minimum Gasteiger partial charge on any atom is -0.463 e. The summed E-state index contributed by atoms with van der Waals surface area (Å²) < 4.78 is 82.8. The van der Waals surface area contributed by atoms with Crippen molar-refractivity contribution in [3.8, 4) is 0 Å². The second-order valence-electron chi connectivity index (χ2n) is 12.2. The molecule has 2 fully saturated rings. The Kier molecular flexibility index (Phi) is 15.1. The molecule has 2 aliphatic rings. The summed E-state index contributed by atoms with van der Waals surface area (Å²) in [4.78, 5) is 86.9. The largest absolute Gasteiger partial charge is 0.463 e. The maximum absolute atomic E-state index is 13.0. The van der Waals surface area contributed by atoms with Crippen LogP contribution in [0.25, 0.3) is 0 Å². The molecule has 22 nitrogen and oxygen atoms in total. The van der Waals surface area contributed by atoms with Crippen molar-refractivity contribution in [2.75, 3.05) is 13.2 Å².